The third-order valence-electron chi connectivity index (χ3n) is 2.89. The van der Waals surface area contributed by atoms with E-state index in [9.17, 15) is 19.2 Å². The number of carbonyl (C=O) groups is 4. The Bertz CT molecular complexity index is 630. The number of esters is 2. The smallest absolute Gasteiger partial charge is 0.408 e. The lowest BCUT2D eigenvalue weighted by Gasteiger charge is -2.15. The topological polar surface area (TPSA) is 148 Å². The van der Waals surface area contributed by atoms with Crippen LogP contribution in [0.2, 0.25) is 0 Å². The zero-order valence-electron chi connectivity index (χ0n) is 13.9. The van der Waals surface area contributed by atoms with E-state index in [0.29, 0.717) is 5.56 Å². The predicted octanol–water partition coefficient (Wildman–Crippen LogP) is -0.167. The lowest BCUT2D eigenvalue weighted by molar-refractivity contribution is -0.164. The highest BCUT2D eigenvalue weighted by molar-refractivity contribution is 5.81. The molecule has 0 bridgehead atoms. The summed E-state index contributed by atoms with van der Waals surface area (Å²) in [6.07, 6.45) is -2.41. The lowest BCUT2D eigenvalue weighted by atomic mass is 10.2. The van der Waals surface area contributed by atoms with Crippen molar-refractivity contribution in [2.75, 3.05) is 13.2 Å². The van der Waals surface area contributed by atoms with Gasteiger partial charge in [0, 0.05) is 0 Å². The van der Waals surface area contributed by atoms with Gasteiger partial charge in [-0.15, -0.1) is 0 Å². The van der Waals surface area contributed by atoms with Crippen LogP contribution >= 0.6 is 0 Å². The van der Waals surface area contributed by atoms with Gasteiger partial charge in [-0.05, 0) is 12.5 Å². The summed E-state index contributed by atoms with van der Waals surface area (Å²) in [6.45, 7) is -0.400. The number of amides is 1. The lowest BCUT2D eigenvalue weighted by Crippen LogP contribution is -2.44. The number of nitrogens with one attached hydrogen (secondary N) is 1. The van der Waals surface area contributed by atoms with Gasteiger partial charge in [0.1, 0.15) is 19.3 Å². The molecule has 0 aliphatic rings. The van der Waals surface area contributed by atoms with Crippen LogP contribution < -0.4 is 5.32 Å². The monoisotopic (exact) mass is 369 g/mol. The number of benzene rings is 1. The first-order chi connectivity index (χ1) is 12.3. The zero-order chi connectivity index (χ0) is 19.5. The largest absolute Gasteiger partial charge is 0.480 e. The molecular weight excluding hydrogens is 350 g/mol. The Labute approximate surface area is 148 Å². The van der Waals surface area contributed by atoms with Crippen molar-refractivity contribution in [1.82, 2.24) is 5.32 Å². The van der Waals surface area contributed by atoms with Crippen LogP contribution in [0.5, 0.6) is 0 Å². The van der Waals surface area contributed by atoms with E-state index in [2.05, 4.69) is 9.47 Å². The van der Waals surface area contributed by atoms with Crippen molar-refractivity contribution in [3.8, 4) is 0 Å². The highest BCUT2D eigenvalue weighted by Gasteiger charge is 2.23. The molecule has 0 fully saturated rings. The number of aliphatic hydroxyl groups is 1. The Morgan fingerprint density at radius 3 is 2.31 bits per heavy atom. The minimum Gasteiger partial charge on any atom is -0.480 e. The third kappa shape index (κ3) is 8.11. The van der Waals surface area contributed by atoms with Gasteiger partial charge in [-0.3, -0.25) is 0 Å². The quantitative estimate of drug-likeness (QED) is 0.398. The van der Waals surface area contributed by atoms with E-state index >= 15 is 0 Å². The molecule has 0 saturated carbocycles. The van der Waals surface area contributed by atoms with Gasteiger partial charge in [-0.1, -0.05) is 30.3 Å². The third-order valence-corrected chi connectivity index (χ3v) is 2.89. The first-order valence-corrected chi connectivity index (χ1v) is 7.50. The van der Waals surface area contributed by atoms with Crippen molar-refractivity contribution in [2.45, 2.75) is 25.7 Å². The molecule has 1 aromatic carbocycles. The van der Waals surface area contributed by atoms with E-state index in [-0.39, 0.29) is 6.61 Å². The maximum atomic E-state index is 11.6. The summed E-state index contributed by atoms with van der Waals surface area (Å²) in [5, 5.41) is 20.0. The van der Waals surface area contributed by atoms with Crippen molar-refractivity contribution in [2.24, 2.45) is 0 Å². The zero-order valence-corrected chi connectivity index (χ0v) is 13.9. The Morgan fingerprint density at radius 2 is 1.73 bits per heavy atom. The van der Waals surface area contributed by atoms with Crippen molar-refractivity contribution < 1.29 is 43.6 Å². The molecule has 0 aliphatic heterocycles. The van der Waals surface area contributed by atoms with Crippen LogP contribution in [0.1, 0.15) is 12.5 Å². The SMILES string of the molecule is CC(O)C(=O)OCC(=O)OCC(NC(=O)OCc1ccccc1)C(=O)O. The summed E-state index contributed by atoms with van der Waals surface area (Å²) >= 11 is 0. The molecule has 1 aromatic rings. The fourth-order valence-corrected chi connectivity index (χ4v) is 1.55. The number of hydrogen-bond acceptors (Lipinski definition) is 8. The molecule has 10 heteroatoms. The van der Waals surface area contributed by atoms with Crippen LogP contribution in [0.25, 0.3) is 0 Å². The number of aliphatic carboxylic acids is 1. The van der Waals surface area contributed by atoms with Gasteiger partial charge in [0.2, 0.25) is 0 Å². The fraction of sp³-hybridized carbons (Fsp3) is 0.375. The van der Waals surface area contributed by atoms with E-state index in [1.54, 1.807) is 30.3 Å². The molecule has 0 heterocycles. The van der Waals surface area contributed by atoms with E-state index in [1.807, 2.05) is 5.32 Å². The second-order valence-electron chi connectivity index (χ2n) is 5.06. The molecule has 0 saturated heterocycles. The molecule has 0 spiro atoms. The summed E-state index contributed by atoms with van der Waals surface area (Å²) in [4.78, 5) is 45.1. The van der Waals surface area contributed by atoms with E-state index < -0.39 is 49.4 Å². The van der Waals surface area contributed by atoms with Crippen molar-refractivity contribution >= 4 is 24.0 Å². The predicted molar refractivity (Wildman–Crippen MR) is 84.8 cm³/mol. The minimum atomic E-state index is -1.55. The summed E-state index contributed by atoms with van der Waals surface area (Å²) in [5.74, 6) is -3.51. The van der Waals surface area contributed by atoms with Crippen molar-refractivity contribution in [3.05, 3.63) is 35.9 Å². The van der Waals surface area contributed by atoms with Crippen molar-refractivity contribution in [3.63, 3.8) is 0 Å². The summed E-state index contributed by atoms with van der Waals surface area (Å²) in [7, 11) is 0. The first kappa shape index (κ1) is 20.9. The molecule has 2 atom stereocenters. The summed E-state index contributed by atoms with van der Waals surface area (Å²) in [5.41, 5.74) is 0.709. The highest BCUT2D eigenvalue weighted by Crippen LogP contribution is 2.01. The molecule has 0 aromatic heterocycles. The molecule has 0 radical (unpaired) electrons. The van der Waals surface area contributed by atoms with Crippen LogP contribution in [0.4, 0.5) is 4.79 Å². The normalized spacial score (nSPS) is 12.4. The van der Waals surface area contributed by atoms with Gasteiger partial charge < -0.3 is 29.7 Å². The van der Waals surface area contributed by atoms with E-state index in [0.717, 1.165) is 6.92 Å². The standard InChI is InChI=1S/C16H19NO9/c1-10(18)15(22)25-9-13(19)24-8-12(14(20)21)17-16(23)26-7-11-5-3-2-4-6-11/h2-6,10,12,18H,7-9H2,1H3,(H,17,23)(H,20,21). The van der Waals surface area contributed by atoms with Gasteiger partial charge in [0.25, 0.3) is 0 Å². The molecule has 142 valence electrons. The van der Waals surface area contributed by atoms with Crippen molar-refractivity contribution in [1.29, 1.82) is 0 Å². The number of alkyl carbamates (subject to hydrolysis) is 1. The number of hydrogen-bond donors (Lipinski definition) is 3. The number of carboxylic acids is 1. The van der Waals surface area contributed by atoms with Crippen LogP contribution in [-0.2, 0) is 35.2 Å². The maximum absolute atomic E-state index is 11.6. The molecule has 0 aliphatic carbocycles. The highest BCUT2D eigenvalue weighted by atomic mass is 16.6. The van der Waals surface area contributed by atoms with Gasteiger partial charge in [-0.25, -0.2) is 19.2 Å². The molecule has 1 rings (SSSR count). The molecule has 2 unspecified atom stereocenters. The molecule has 1 amide bonds. The Kier molecular flexibility index (Phi) is 8.58. The summed E-state index contributed by atoms with van der Waals surface area (Å²) in [6, 6.07) is 7.18. The Morgan fingerprint density at radius 1 is 1.08 bits per heavy atom. The van der Waals surface area contributed by atoms with Gasteiger partial charge in [-0.2, -0.15) is 0 Å². The van der Waals surface area contributed by atoms with Crippen LogP contribution in [0.15, 0.2) is 30.3 Å². The number of carboxylic acid groups (broad SMARTS) is 1. The van der Waals surface area contributed by atoms with Crippen LogP contribution in [-0.4, -0.2) is 59.6 Å². The molecular formula is C16H19NO9. The number of rotatable bonds is 9. The number of ether oxygens (including phenoxy) is 3. The van der Waals surface area contributed by atoms with Gasteiger partial charge in [0.15, 0.2) is 12.6 Å². The Hall–Kier alpha value is -3.14. The van der Waals surface area contributed by atoms with Gasteiger partial charge >= 0.3 is 24.0 Å². The molecule has 26 heavy (non-hydrogen) atoms. The van der Waals surface area contributed by atoms with E-state index in [1.165, 1.54) is 0 Å². The minimum absolute atomic E-state index is 0.0614. The maximum Gasteiger partial charge on any atom is 0.408 e. The second-order valence-corrected chi connectivity index (χ2v) is 5.06. The summed E-state index contributed by atoms with van der Waals surface area (Å²) < 4.78 is 13.9. The fourth-order valence-electron chi connectivity index (χ4n) is 1.55. The second kappa shape index (κ2) is 10.7. The van der Waals surface area contributed by atoms with Gasteiger partial charge in [0.05, 0.1) is 0 Å². The van der Waals surface area contributed by atoms with Crippen LogP contribution in [0.3, 0.4) is 0 Å². The number of aliphatic hydroxyl groups excluding tert-OH is 1. The average molecular weight is 369 g/mol. The average Bonchev–Trinajstić information content (AvgIpc) is 2.61. The Balaban J connectivity index is 2.38. The number of carbonyl (C=O) groups excluding carboxylic acids is 3. The van der Waals surface area contributed by atoms with E-state index in [4.69, 9.17) is 14.9 Å². The molecule has 10 nitrogen and oxygen atoms in total. The first-order valence-electron chi connectivity index (χ1n) is 7.50. The van der Waals surface area contributed by atoms with Crippen LogP contribution in [0, 0.1) is 0 Å². The molecule has 3 N–H and O–H groups in total.